The van der Waals surface area contributed by atoms with Crippen LogP contribution in [0.25, 0.3) is 0 Å². The fourth-order valence-electron chi connectivity index (χ4n) is 2.77. The Labute approximate surface area is 162 Å². The third kappa shape index (κ3) is 6.18. The minimum Gasteiger partial charge on any atom is -0.497 e. The maximum absolute atomic E-state index is 5.25. The predicted molar refractivity (Wildman–Crippen MR) is 111 cm³/mol. The minimum absolute atomic E-state index is 0.218. The van der Waals surface area contributed by atoms with Gasteiger partial charge in [0, 0.05) is 20.1 Å². The molecule has 2 rings (SSSR count). The summed E-state index contributed by atoms with van der Waals surface area (Å²) in [5, 5.41) is 6.76. The smallest absolute Gasteiger partial charge is 0.191 e. The van der Waals surface area contributed by atoms with E-state index in [4.69, 9.17) is 9.47 Å². The second kappa shape index (κ2) is 10.4. The van der Waals surface area contributed by atoms with Crippen LogP contribution < -0.4 is 20.1 Å². The van der Waals surface area contributed by atoms with E-state index >= 15 is 0 Å². The van der Waals surface area contributed by atoms with Gasteiger partial charge in [-0.15, -0.1) is 0 Å². The zero-order valence-corrected chi connectivity index (χ0v) is 16.8. The number of nitrogens with one attached hydrogen (secondary N) is 2. The highest BCUT2D eigenvalue weighted by Gasteiger charge is 2.14. The molecule has 0 heterocycles. The lowest BCUT2D eigenvalue weighted by atomic mass is 10.1. The number of hydrogen-bond donors (Lipinski definition) is 2. The van der Waals surface area contributed by atoms with Crippen LogP contribution in [0.5, 0.6) is 11.5 Å². The van der Waals surface area contributed by atoms with Gasteiger partial charge < -0.3 is 25.0 Å². The lowest BCUT2D eigenvalue weighted by Gasteiger charge is -2.26. The molecule has 1 unspecified atom stereocenters. The van der Waals surface area contributed by atoms with Crippen molar-refractivity contribution in [1.82, 2.24) is 15.5 Å². The van der Waals surface area contributed by atoms with Crippen molar-refractivity contribution >= 4 is 5.96 Å². The molecule has 0 amide bonds. The summed E-state index contributed by atoms with van der Waals surface area (Å²) >= 11 is 0. The Kier molecular flexibility index (Phi) is 7.95. The Morgan fingerprint density at radius 2 is 1.48 bits per heavy atom. The molecule has 146 valence electrons. The van der Waals surface area contributed by atoms with Crippen LogP contribution in [0.4, 0.5) is 0 Å². The van der Waals surface area contributed by atoms with Gasteiger partial charge in [-0.1, -0.05) is 24.3 Å². The highest BCUT2D eigenvalue weighted by molar-refractivity contribution is 5.79. The van der Waals surface area contributed by atoms with Crippen LogP contribution in [-0.4, -0.2) is 52.8 Å². The number of rotatable bonds is 8. The fraction of sp³-hybridized carbons (Fsp3) is 0.381. The first-order chi connectivity index (χ1) is 13.1. The summed E-state index contributed by atoms with van der Waals surface area (Å²) in [5.74, 6) is 2.49. The van der Waals surface area contributed by atoms with Gasteiger partial charge in [-0.2, -0.15) is 0 Å². The number of methoxy groups -OCH3 is 2. The summed E-state index contributed by atoms with van der Waals surface area (Å²) in [6.07, 6.45) is 0. The van der Waals surface area contributed by atoms with Crippen molar-refractivity contribution in [2.45, 2.75) is 12.6 Å². The van der Waals surface area contributed by atoms with Gasteiger partial charge >= 0.3 is 0 Å². The number of guanidine groups is 1. The summed E-state index contributed by atoms with van der Waals surface area (Å²) in [5.41, 5.74) is 2.39. The molecule has 0 aliphatic rings. The zero-order valence-electron chi connectivity index (χ0n) is 16.8. The van der Waals surface area contributed by atoms with Crippen LogP contribution in [-0.2, 0) is 6.54 Å². The van der Waals surface area contributed by atoms with Crippen molar-refractivity contribution in [3.05, 3.63) is 59.7 Å². The van der Waals surface area contributed by atoms with E-state index in [0.717, 1.165) is 29.6 Å². The summed E-state index contributed by atoms with van der Waals surface area (Å²) < 4.78 is 10.4. The molecule has 27 heavy (non-hydrogen) atoms. The van der Waals surface area contributed by atoms with Crippen molar-refractivity contribution in [2.75, 3.05) is 41.9 Å². The Morgan fingerprint density at radius 1 is 0.926 bits per heavy atom. The van der Waals surface area contributed by atoms with Crippen LogP contribution in [0.15, 0.2) is 53.5 Å². The number of ether oxygens (including phenoxy) is 2. The minimum atomic E-state index is 0.218. The van der Waals surface area contributed by atoms with Crippen molar-refractivity contribution in [2.24, 2.45) is 4.99 Å². The number of benzene rings is 2. The Balaban J connectivity index is 1.92. The Hall–Kier alpha value is -2.73. The van der Waals surface area contributed by atoms with E-state index in [1.54, 1.807) is 21.3 Å². The van der Waals surface area contributed by atoms with Crippen LogP contribution in [0, 0.1) is 0 Å². The molecular formula is C21H30N4O2. The highest BCUT2D eigenvalue weighted by atomic mass is 16.5. The topological polar surface area (TPSA) is 58.1 Å². The molecule has 0 saturated carbocycles. The summed E-state index contributed by atoms with van der Waals surface area (Å²) in [7, 11) is 9.27. The van der Waals surface area contributed by atoms with Crippen LogP contribution in [0.2, 0.25) is 0 Å². The molecule has 0 aromatic heterocycles. The SMILES string of the molecule is CN=C(NCc1ccc(OC)cc1)NCC(c1ccc(OC)cc1)N(C)C. The second-order valence-electron chi connectivity index (χ2n) is 6.41. The monoisotopic (exact) mass is 370 g/mol. The molecule has 0 fully saturated rings. The van der Waals surface area contributed by atoms with E-state index in [1.165, 1.54) is 5.56 Å². The zero-order chi connectivity index (χ0) is 19.6. The molecule has 2 N–H and O–H groups in total. The molecule has 6 nitrogen and oxygen atoms in total. The van der Waals surface area contributed by atoms with E-state index < -0.39 is 0 Å². The van der Waals surface area contributed by atoms with Crippen LogP contribution >= 0.6 is 0 Å². The van der Waals surface area contributed by atoms with Gasteiger partial charge in [0.2, 0.25) is 0 Å². The van der Waals surface area contributed by atoms with E-state index in [2.05, 4.69) is 46.8 Å². The Bertz CT molecular complexity index is 712. The predicted octanol–water partition coefficient (Wildman–Crippen LogP) is 2.67. The first-order valence-electron chi connectivity index (χ1n) is 8.95. The molecule has 6 heteroatoms. The highest BCUT2D eigenvalue weighted by Crippen LogP contribution is 2.20. The third-order valence-electron chi connectivity index (χ3n) is 4.43. The number of aliphatic imine (C=N–C) groups is 1. The normalized spacial score (nSPS) is 12.6. The van der Waals surface area contributed by atoms with Gasteiger partial charge in [-0.3, -0.25) is 4.99 Å². The molecule has 2 aromatic rings. The molecular weight excluding hydrogens is 340 g/mol. The summed E-state index contributed by atoms with van der Waals surface area (Å²) in [6.45, 7) is 1.43. The van der Waals surface area contributed by atoms with Crippen molar-refractivity contribution in [3.63, 3.8) is 0 Å². The van der Waals surface area contributed by atoms with E-state index in [1.807, 2.05) is 36.4 Å². The van der Waals surface area contributed by atoms with Crippen LogP contribution in [0.3, 0.4) is 0 Å². The van der Waals surface area contributed by atoms with Gasteiger partial charge in [0.25, 0.3) is 0 Å². The van der Waals surface area contributed by atoms with E-state index in [0.29, 0.717) is 6.54 Å². The lowest BCUT2D eigenvalue weighted by molar-refractivity contribution is 0.298. The van der Waals surface area contributed by atoms with Gasteiger partial charge in [0.05, 0.1) is 20.3 Å². The molecule has 0 bridgehead atoms. The average molecular weight is 370 g/mol. The standard InChI is InChI=1S/C21H30N4O2/c1-22-21(23-14-16-6-10-18(26-4)11-7-16)24-15-20(25(2)3)17-8-12-19(27-5)13-9-17/h6-13,20H,14-15H2,1-5H3,(H2,22,23,24). The van der Waals surface area contributed by atoms with Crippen LogP contribution in [0.1, 0.15) is 17.2 Å². The van der Waals surface area contributed by atoms with Crippen molar-refractivity contribution in [3.8, 4) is 11.5 Å². The first kappa shape index (κ1) is 20.6. The molecule has 0 aliphatic carbocycles. The van der Waals surface area contributed by atoms with Crippen molar-refractivity contribution in [1.29, 1.82) is 0 Å². The first-order valence-corrected chi connectivity index (χ1v) is 8.95. The maximum atomic E-state index is 5.25. The second-order valence-corrected chi connectivity index (χ2v) is 6.41. The lowest BCUT2D eigenvalue weighted by Crippen LogP contribution is -2.41. The van der Waals surface area contributed by atoms with Gasteiger partial charge in [-0.25, -0.2) is 0 Å². The maximum Gasteiger partial charge on any atom is 0.191 e. The molecule has 0 aliphatic heterocycles. The summed E-state index contributed by atoms with van der Waals surface area (Å²) in [6, 6.07) is 16.4. The molecule has 2 aromatic carbocycles. The fourth-order valence-corrected chi connectivity index (χ4v) is 2.77. The van der Waals surface area contributed by atoms with Gasteiger partial charge in [-0.05, 0) is 49.5 Å². The largest absolute Gasteiger partial charge is 0.497 e. The summed E-state index contributed by atoms with van der Waals surface area (Å²) in [4.78, 5) is 6.51. The third-order valence-corrected chi connectivity index (χ3v) is 4.43. The van der Waals surface area contributed by atoms with E-state index in [9.17, 15) is 0 Å². The molecule has 0 radical (unpaired) electrons. The Morgan fingerprint density at radius 3 is 1.96 bits per heavy atom. The number of hydrogen-bond acceptors (Lipinski definition) is 4. The number of likely N-dealkylation sites (N-methyl/N-ethyl adjacent to an activating group) is 1. The molecule has 0 saturated heterocycles. The number of nitrogens with zero attached hydrogens (tertiary/aromatic N) is 2. The molecule has 1 atom stereocenters. The average Bonchev–Trinajstić information content (AvgIpc) is 2.71. The van der Waals surface area contributed by atoms with Crippen molar-refractivity contribution < 1.29 is 9.47 Å². The van der Waals surface area contributed by atoms with Gasteiger partial charge in [0.1, 0.15) is 11.5 Å². The van der Waals surface area contributed by atoms with E-state index in [-0.39, 0.29) is 6.04 Å². The molecule has 0 spiro atoms. The quantitative estimate of drug-likeness (QED) is 0.553. The van der Waals surface area contributed by atoms with Gasteiger partial charge in [0.15, 0.2) is 5.96 Å².